The van der Waals surface area contributed by atoms with E-state index >= 15 is 0 Å². The van der Waals surface area contributed by atoms with Crippen LogP contribution in [-0.2, 0) is 4.74 Å². The van der Waals surface area contributed by atoms with Crippen LogP contribution in [0.4, 0.5) is 0 Å². The van der Waals surface area contributed by atoms with Gasteiger partial charge in [-0.25, -0.2) is 0 Å². The van der Waals surface area contributed by atoms with Crippen LogP contribution >= 0.6 is 0 Å². The summed E-state index contributed by atoms with van der Waals surface area (Å²) in [6.45, 7) is 11.3. The number of ether oxygens (including phenoxy) is 1. The smallest absolute Gasteiger partial charge is 0.0687 e. The molecule has 0 saturated carbocycles. The summed E-state index contributed by atoms with van der Waals surface area (Å²) in [6, 6.07) is 0. The molecular formula is C12H24O. The maximum Gasteiger partial charge on any atom is 0.0687 e. The zero-order chi connectivity index (χ0) is 10.1. The lowest BCUT2D eigenvalue weighted by Gasteiger charge is -2.46. The highest BCUT2D eigenvalue weighted by molar-refractivity contribution is 4.89. The average molecular weight is 184 g/mol. The Morgan fingerprint density at radius 3 is 2.31 bits per heavy atom. The van der Waals surface area contributed by atoms with Crippen LogP contribution in [0.2, 0.25) is 0 Å². The Morgan fingerprint density at radius 1 is 1.23 bits per heavy atom. The molecule has 0 aromatic rings. The molecular weight excluding hydrogens is 160 g/mol. The van der Waals surface area contributed by atoms with E-state index in [0.29, 0.717) is 5.92 Å². The lowest BCUT2D eigenvalue weighted by molar-refractivity contribution is -0.187. The molecule has 1 heterocycles. The summed E-state index contributed by atoms with van der Waals surface area (Å²) < 4.78 is 6.21. The van der Waals surface area contributed by atoms with Crippen LogP contribution in [-0.4, -0.2) is 11.2 Å². The molecule has 0 bridgehead atoms. The lowest BCUT2D eigenvalue weighted by atomic mass is 9.79. The van der Waals surface area contributed by atoms with E-state index in [1.54, 1.807) is 0 Å². The van der Waals surface area contributed by atoms with Crippen molar-refractivity contribution in [2.75, 3.05) is 0 Å². The maximum absolute atomic E-state index is 6.21. The van der Waals surface area contributed by atoms with Gasteiger partial charge in [0, 0.05) is 0 Å². The van der Waals surface area contributed by atoms with Crippen LogP contribution in [0.1, 0.15) is 60.3 Å². The first kappa shape index (κ1) is 11.0. The first-order valence-electron chi connectivity index (χ1n) is 5.60. The molecule has 13 heavy (non-hydrogen) atoms. The normalized spacial score (nSPS) is 35.8. The molecule has 0 spiro atoms. The highest BCUT2D eigenvalue weighted by Crippen LogP contribution is 2.40. The molecule has 1 saturated heterocycles. The van der Waals surface area contributed by atoms with E-state index in [0.717, 1.165) is 0 Å². The maximum atomic E-state index is 6.21. The first-order chi connectivity index (χ1) is 5.90. The molecule has 1 nitrogen and oxygen atoms in total. The fourth-order valence-electron chi connectivity index (χ4n) is 2.38. The van der Waals surface area contributed by atoms with E-state index in [9.17, 15) is 0 Å². The van der Waals surface area contributed by atoms with E-state index in [2.05, 4.69) is 34.6 Å². The van der Waals surface area contributed by atoms with Crippen molar-refractivity contribution in [1.29, 1.82) is 0 Å². The van der Waals surface area contributed by atoms with Crippen molar-refractivity contribution in [3.63, 3.8) is 0 Å². The zero-order valence-electron chi connectivity index (χ0n) is 9.81. The van der Waals surface area contributed by atoms with Gasteiger partial charge in [-0.1, -0.05) is 20.3 Å². The molecule has 0 aromatic heterocycles. The van der Waals surface area contributed by atoms with E-state index in [1.165, 1.54) is 25.7 Å². The van der Waals surface area contributed by atoms with E-state index in [-0.39, 0.29) is 11.2 Å². The highest BCUT2D eigenvalue weighted by atomic mass is 16.5. The van der Waals surface area contributed by atoms with Crippen LogP contribution in [0.3, 0.4) is 0 Å². The molecule has 1 fully saturated rings. The van der Waals surface area contributed by atoms with Crippen molar-refractivity contribution in [3.05, 3.63) is 0 Å². The fourth-order valence-corrected chi connectivity index (χ4v) is 2.38. The molecule has 0 radical (unpaired) electrons. The van der Waals surface area contributed by atoms with Gasteiger partial charge in [0.15, 0.2) is 0 Å². The third-order valence-corrected chi connectivity index (χ3v) is 3.62. The molecule has 0 aliphatic carbocycles. The Bertz CT molecular complexity index is 174. The molecule has 78 valence electrons. The van der Waals surface area contributed by atoms with Crippen LogP contribution in [0.15, 0.2) is 0 Å². The predicted octanol–water partition coefficient (Wildman–Crippen LogP) is 3.77. The topological polar surface area (TPSA) is 9.23 Å². The summed E-state index contributed by atoms with van der Waals surface area (Å²) in [5, 5.41) is 0. The Labute approximate surface area is 82.9 Å². The van der Waals surface area contributed by atoms with Gasteiger partial charge in [0.1, 0.15) is 0 Å². The van der Waals surface area contributed by atoms with Crippen LogP contribution in [0, 0.1) is 5.92 Å². The molecule has 2 unspecified atom stereocenters. The first-order valence-corrected chi connectivity index (χ1v) is 5.60. The summed E-state index contributed by atoms with van der Waals surface area (Å²) in [5.41, 5.74) is 0.215. The molecule has 2 atom stereocenters. The third-order valence-electron chi connectivity index (χ3n) is 3.62. The molecule has 0 N–H and O–H groups in total. The van der Waals surface area contributed by atoms with Gasteiger partial charge in [-0.3, -0.25) is 0 Å². The van der Waals surface area contributed by atoms with Crippen molar-refractivity contribution in [2.24, 2.45) is 5.92 Å². The number of rotatable bonds is 2. The number of hydrogen-bond donors (Lipinski definition) is 0. The van der Waals surface area contributed by atoms with Crippen molar-refractivity contribution >= 4 is 0 Å². The Morgan fingerprint density at radius 2 is 1.85 bits per heavy atom. The van der Waals surface area contributed by atoms with Crippen LogP contribution in [0.25, 0.3) is 0 Å². The fraction of sp³-hybridized carbons (Fsp3) is 1.00. The van der Waals surface area contributed by atoms with Gasteiger partial charge in [0.25, 0.3) is 0 Å². The van der Waals surface area contributed by atoms with Crippen molar-refractivity contribution in [2.45, 2.75) is 71.5 Å². The predicted molar refractivity (Wildman–Crippen MR) is 56.9 cm³/mol. The summed E-state index contributed by atoms with van der Waals surface area (Å²) in [5.74, 6) is 0.673. The zero-order valence-corrected chi connectivity index (χ0v) is 9.81. The second-order valence-corrected chi connectivity index (χ2v) is 5.34. The van der Waals surface area contributed by atoms with E-state index in [4.69, 9.17) is 4.74 Å². The molecule has 1 aliphatic heterocycles. The molecule has 1 heteroatoms. The minimum Gasteiger partial charge on any atom is -0.369 e. The molecule has 0 amide bonds. The average Bonchev–Trinajstić information content (AvgIpc) is 2.00. The summed E-state index contributed by atoms with van der Waals surface area (Å²) in [4.78, 5) is 0. The minimum atomic E-state index is 0.0937. The largest absolute Gasteiger partial charge is 0.369 e. The van der Waals surface area contributed by atoms with Crippen molar-refractivity contribution < 1.29 is 4.74 Å². The quantitative estimate of drug-likeness (QED) is 0.634. The van der Waals surface area contributed by atoms with Gasteiger partial charge in [0.2, 0.25) is 0 Å². The summed E-state index contributed by atoms with van der Waals surface area (Å²) >= 11 is 0. The van der Waals surface area contributed by atoms with Gasteiger partial charge in [-0.2, -0.15) is 0 Å². The monoisotopic (exact) mass is 184 g/mol. The molecule has 0 aromatic carbocycles. The van der Waals surface area contributed by atoms with E-state index < -0.39 is 0 Å². The van der Waals surface area contributed by atoms with Gasteiger partial charge < -0.3 is 4.74 Å². The summed E-state index contributed by atoms with van der Waals surface area (Å²) in [7, 11) is 0. The molecule has 1 rings (SSSR count). The summed E-state index contributed by atoms with van der Waals surface area (Å²) in [6.07, 6.45) is 4.96. The Hall–Kier alpha value is -0.0400. The van der Waals surface area contributed by atoms with Gasteiger partial charge in [0.05, 0.1) is 11.2 Å². The standard InChI is InChI=1S/C12H24O/c1-6-10(2)12(5)9-7-8-11(3,4)13-12/h10H,6-9H2,1-5H3. The lowest BCUT2D eigenvalue weighted by Crippen LogP contribution is -2.47. The second-order valence-electron chi connectivity index (χ2n) is 5.34. The van der Waals surface area contributed by atoms with Crippen molar-refractivity contribution in [3.8, 4) is 0 Å². The van der Waals surface area contributed by atoms with Crippen LogP contribution in [0.5, 0.6) is 0 Å². The SMILES string of the molecule is CCC(C)C1(C)CCCC(C)(C)O1. The number of hydrogen-bond acceptors (Lipinski definition) is 1. The van der Waals surface area contributed by atoms with Gasteiger partial charge >= 0.3 is 0 Å². The van der Waals surface area contributed by atoms with Gasteiger partial charge in [-0.05, 0) is 46.0 Å². The third kappa shape index (κ3) is 2.46. The Balaban J connectivity index is 2.68. The second kappa shape index (κ2) is 3.61. The van der Waals surface area contributed by atoms with Crippen LogP contribution < -0.4 is 0 Å². The van der Waals surface area contributed by atoms with E-state index in [1.807, 2.05) is 0 Å². The van der Waals surface area contributed by atoms with Gasteiger partial charge in [-0.15, -0.1) is 0 Å². The highest BCUT2D eigenvalue weighted by Gasteiger charge is 2.40. The van der Waals surface area contributed by atoms with Crippen molar-refractivity contribution in [1.82, 2.24) is 0 Å². The molecule has 1 aliphatic rings. The minimum absolute atomic E-state index is 0.0937. The Kier molecular flexibility index (Phi) is 3.06.